The topological polar surface area (TPSA) is 99.5 Å². The van der Waals surface area contributed by atoms with Gasteiger partial charge in [-0.25, -0.2) is 8.91 Å². The van der Waals surface area contributed by atoms with Crippen molar-refractivity contribution in [1.29, 1.82) is 0 Å². The molecular weight excluding hydrogens is 447 g/mol. The van der Waals surface area contributed by atoms with E-state index in [2.05, 4.69) is 15.4 Å². The molecule has 3 aromatic carbocycles. The van der Waals surface area contributed by atoms with Crippen molar-refractivity contribution in [2.45, 2.75) is 25.5 Å². The second kappa shape index (κ2) is 8.48. The number of aromatic amines is 1. The summed E-state index contributed by atoms with van der Waals surface area (Å²) in [4.78, 5) is 28.7. The van der Waals surface area contributed by atoms with E-state index in [1.54, 1.807) is 20.0 Å². The molecule has 0 aliphatic rings. The fourth-order valence-corrected chi connectivity index (χ4v) is 4.15. The van der Waals surface area contributed by atoms with Gasteiger partial charge in [0, 0.05) is 11.6 Å². The van der Waals surface area contributed by atoms with Gasteiger partial charge >= 0.3 is 0 Å². The van der Waals surface area contributed by atoms with E-state index < -0.39 is 23.4 Å². The summed E-state index contributed by atoms with van der Waals surface area (Å²) < 4.78 is 14.7. The first kappa shape index (κ1) is 22.5. The molecular formula is C27H23FN4O3. The van der Waals surface area contributed by atoms with Crippen LogP contribution >= 0.6 is 0 Å². The first-order valence-electron chi connectivity index (χ1n) is 11.1. The van der Waals surface area contributed by atoms with Gasteiger partial charge in [-0.15, -0.1) is 0 Å². The lowest BCUT2D eigenvalue weighted by atomic mass is 9.91. The number of nitrogens with one attached hydrogen (secondary N) is 2. The molecule has 5 rings (SSSR count). The highest BCUT2D eigenvalue weighted by molar-refractivity contribution is 5.94. The standard InChI is InChI=1S/C27H23FN4O3/c1-27(2,35)24(17-9-11-20(28)12-10-17)30-25(33)21-14-23-26(34)29-22(15-32(23)31-21)19-8-7-16-5-3-4-6-18(16)13-19/h3-15,24,35H,1-2H3,(H,29,34)(H,30,33). The third kappa shape index (κ3) is 4.43. The summed E-state index contributed by atoms with van der Waals surface area (Å²) in [6.07, 6.45) is 1.66. The van der Waals surface area contributed by atoms with E-state index in [1.807, 2.05) is 42.5 Å². The molecule has 5 aromatic rings. The SMILES string of the molecule is CC(C)(O)C(NC(=O)c1cc2c(=O)[nH]c(-c3ccc4ccccc4c3)cn2n1)c1ccc(F)cc1. The van der Waals surface area contributed by atoms with E-state index in [0.717, 1.165) is 16.3 Å². The summed E-state index contributed by atoms with van der Waals surface area (Å²) in [5, 5.41) is 19.8. The number of hydrogen-bond acceptors (Lipinski definition) is 4. The van der Waals surface area contributed by atoms with E-state index in [-0.39, 0.29) is 16.8 Å². The number of rotatable bonds is 5. The highest BCUT2D eigenvalue weighted by Crippen LogP contribution is 2.26. The van der Waals surface area contributed by atoms with Crippen LogP contribution in [0.2, 0.25) is 0 Å². The van der Waals surface area contributed by atoms with Crippen LogP contribution in [0.3, 0.4) is 0 Å². The van der Waals surface area contributed by atoms with Crippen LogP contribution in [0.4, 0.5) is 4.39 Å². The summed E-state index contributed by atoms with van der Waals surface area (Å²) in [6.45, 7) is 3.09. The van der Waals surface area contributed by atoms with Crippen molar-refractivity contribution < 1.29 is 14.3 Å². The first-order chi connectivity index (χ1) is 16.7. The van der Waals surface area contributed by atoms with Gasteiger partial charge in [0.25, 0.3) is 11.5 Å². The number of aromatic nitrogens is 3. The molecule has 3 N–H and O–H groups in total. The summed E-state index contributed by atoms with van der Waals surface area (Å²) in [5.41, 5.74) is 0.399. The molecule has 35 heavy (non-hydrogen) atoms. The zero-order valence-corrected chi connectivity index (χ0v) is 19.1. The molecule has 0 saturated carbocycles. The van der Waals surface area contributed by atoms with E-state index >= 15 is 0 Å². The molecule has 0 fully saturated rings. The number of carbonyl (C=O) groups is 1. The number of fused-ring (bicyclic) bond motifs is 2. The molecule has 1 unspecified atom stereocenters. The van der Waals surface area contributed by atoms with Gasteiger partial charge in [-0.05, 0) is 48.4 Å². The van der Waals surface area contributed by atoms with Gasteiger partial charge in [-0.1, -0.05) is 48.5 Å². The molecule has 0 bridgehead atoms. The normalized spacial score (nSPS) is 12.7. The predicted octanol–water partition coefficient (Wildman–Crippen LogP) is 4.22. The maximum atomic E-state index is 13.4. The largest absolute Gasteiger partial charge is 0.388 e. The Bertz CT molecular complexity index is 1610. The fourth-order valence-electron chi connectivity index (χ4n) is 4.15. The van der Waals surface area contributed by atoms with Gasteiger partial charge in [0.1, 0.15) is 11.3 Å². The smallest absolute Gasteiger partial charge is 0.274 e. The third-order valence-corrected chi connectivity index (χ3v) is 5.95. The minimum absolute atomic E-state index is 0.0162. The Labute approximate surface area is 199 Å². The van der Waals surface area contributed by atoms with Crippen molar-refractivity contribution in [3.63, 3.8) is 0 Å². The minimum Gasteiger partial charge on any atom is -0.388 e. The molecule has 0 radical (unpaired) electrons. The average Bonchev–Trinajstić information content (AvgIpc) is 3.27. The Hall–Kier alpha value is -4.30. The quantitative estimate of drug-likeness (QED) is 0.358. The number of carbonyl (C=O) groups excluding carboxylic acids is 1. The fraction of sp³-hybridized carbons (Fsp3) is 0.148. The van der Waals surface area contributed by atoms with Gasteiger partial charge in [0.15, 0.2) is 5.69 Å². The third-order valence-electron chi connectivity index (χ3n) is 5.95. The molecule has 2 heterocycles. The van der Waals surface area contributed by atoms with Crippen molar-refractivity contribution >= 4 is 22.2 Å². The lowest BCUT2D eigenvalue weighted by Gasteiger charge is -2.30. The molecule has 1 atom stereocenters. The van der Waals surface area contributed by atoms with Crippen LogP contribution in [-0.4, -0.2) is 31.2 Å². The molecule has 176 valence electrons. The molecule has 0 aliphatic carbocycles. The van der Waals surface area contributed by atoms with Crippen LogP contribution < -0.4 is 10.9 Å². The van der Waals surface area contributed by atoms with Crippen LogP contribution in [0.15, 0.2) is 83.8 Å². The van der Waals surface area contributed by atoms with E-state index in [9.17, 15) is 19.1 Å². The summed E-state index contributed by atoms with van der Waals surface area (Å²) in [6, 6.07) is 19.9. The summed E-state index contributed by atoms with van der Waals surface area (Å²) >= 11 is 0. The maximum Gasteiger partial charge on any atom is 0.274 e. The van der Waals surface area contributed by atoms with Crippen LogP contribution in [-0.2, 0) is 0 Å². The van der Waals surface area contributed by atoms with E-state index in [0.29, 0.717) is 11.3 Å². The number of H-pyrrole nitrogens is 1. The number of aliphatic hydroxyl groups is 1. The summed E-state index contributed by atoms with van der Waals surface area (Å²) in [5.74, 6) is -0.992. The van der Waals surface area contributed by atoms with Crippen LogP contribution in [0, 0.1) is 5.82 Å². The zero-order chi connectivity index (χ0) is 24.7. The van der Waals surface area contributed by atoms with Crippen LogP contribution in [0.1, 0.15) is 35.9 Å². The Morgan fingerprint density at radius 1 is 1.06 bits per heavy atom. The van der Waals surface area contributed by atoms with Crippen molar-refractivity contribution in [3.8, 4) is 11.3 Å². The average molecular weight is 471 g/mol. The first-order valence-corrected chi connectivity index (χ1v) is 11.1. The van der Waals surface area contributed by atoms with E-state index in [1.165, 1.54) is 34.8 Å². The Morgan fingerprint density at radius 3 is 2.49 bits per heavy atom. The zero-order valence-electron chi connectivity index (χ0n) is 19.1. The molecule has 1 amide bonds. The number of benzene rings is 3. The van der Waals surface area contributed by atoms with Crippen molar-refractivity contribution in [2.24, 2.45) is 0 Å². The molecule has 0 spiro atoms. The van der Waals surface area contributed by atoms with Gasteiger partial charge in [-0.3, -0.25) is 9.59 Å². The molecule has 8 heteroatoms. The Balaban J connectivity index is 1.48. The Kier molecular flexibility index (Phi) is 5.45. The minimum atomic E-state index is -1.34. The van der Waals surface area contributed by atoms with Crippen molar-refractivity contribution in [3.05, 3.63) is 106 Å². The molecule has 0 saturated heterocycles. The van der Waals surface area contributed by atoms with Crippen molar-refractivity contribution in [2.75, 3.05) is 0 Å². The summed E-state index contributed by atoms with van der Waals surface area (Å²) in [7, 11) is 0. The highest BCUT2D eigenvalue weighted by Gasteiger charge is 2.31. The number of amides is 1. The second-order valence-corrected chi connectivity index (χ2v) is 9.03. The molecule has 2 aromatic heterocycles. The van der Waals surface area contributed by atoms with E-state index in [4.69, 9.17) is 0 Å². The number of hydrogen-bond donors (Lipinski definition) is 3. The second-order valence-electron chi connectivity index (χ2n) is 9.03. The lowest BCUT2D eigenvalue weighted by molar-refractivity contribution is 0.0342. The maximum absolute atomic E-state index is 13.4. The van der Waals surface area contributed by atoms with Crippen molar-refractivity contribution in [1.82, 2.24) is 19.9 Å². The number of nitrogens with zero attached hydrogens (tertiary/aromatic N) is 2. The van der Waals surface area contributed by atoms with Gasteiger partial charge < -0.3 is 15.4 Å². The highest BCUT2D eigenvalue weighted by atomic mass is 19.1. The number of halogens is 1. The van der Waals surface area contributed by atoms with Gasteiger partial charge in [0.2, 0.25) is 0 Å². The van der Waals surface area contributed by atoms with Crippen LogP contribution in [0.5, 0.6) is 0 Å². The van der Waals surface area contributed by atoms with Gasteiger partial charge in [-0.2, -0.15) is 5.10 Å². The van der Waals surface area contributed by atoms with Gasteiger partial charge in [0.05, 0.1) is 23.5 Å². The monoisotopic (exact) mass is 470 g/mol. The predicted molar refractivity (Wildman–Crippen MR) is 132 cm³/mol. The van der Waals surface area contributed by atoms with Crippen LogP contribution in [0.25, 0.3) is 27.5 Å². The molecule has 7 nitrogen and oxygen atoms in total. The lowest BCUT2D eigenvalue weighted by Crippen LogP contribution is -2.42. The molecule has 0 aliphatic heterocycles. The Morgan fingerprint density at radius 2 is 1.77 bits per heavy atom.